The van der Waals surface area contributed by atoms with Crippen LogP contribution in [0.1, 0.15) is 69.7 Å². The quantitative estimate of drug-likeness (QED) is 0.479. The monoisotopic (exact) mass is 514 g/mol. The smallest absolute Gasteiger partial charge is 0.324 e. The molecule has 1 aliphatic carbocycles. The Hall–Kier alpha value is -3.43. The van der Waals surface area contributed by atoms with E-state index < -0.39 is 11.8 Å². The first-order valence-corrected chi connectivity index (χ1v) is 13.0. The molecule has 1 fully saturated rings. The van der Waals surface area contributed by atoms with Crippen LogP contribution in [0.5, 0.6) is 5.75 Å². The van der Waals surface area contributed by atoms with Crippen LogP contribution in [0.25, 0.3) is 5.57 Å². The number of rotatable bonds is 10. The number of carbonyl (C=O) groups is 2. The van der Waals surface area contributed by atoms with Gasteiger partial charge in [0, 0.05) is 31.5 Å². The molecule has 1 atom stereocenters. The van der Waals surface area contributed by atoms with E-state index in [0.717, 1.165) is 37.1 Å². The summed E-state index contributed by atoms with van der Waals surface area (Å²) in [5.41, 5.74) is 1.80. The number of halogens is 1. The van der Waals surface area contributed by atoms with Crippen LogP contribution in [0.15, 0.2) is 28.8 Å². The molecular formula is C27H35FN4O5. The summed E-state index contributed by atoms with van der Waals surface area (Å²) in [4.78, 5) is 29.4. The summed E-state index contributed by atoms with van der Waals surface area (Å²) >= 11 is 0. The number of nitrogens with one attached hydrogen (secondary N) is 1. The number of hydrogen-bond acceptors (Lipinski definition) is 7. The Morgan fingerprint density at radius 2 is 2.05 bits per heavy atom. The number of carboxylic acid groups (broad SMARTS) is 1. The number of aromatic nitrogens is 2. The number of piperidine rings is 1. The van der Waals surface area contributed by atoms with Gasteiger partial charge in [0.25, 0.3) is 0 Å². The van der Waals surface area contributed by atoms with Gasteiger partial charge in [-0.1, -0.05) is 31.1 Å². The number of ether oxygens (including phenoxy) is 1. The summed E-state index contributed by atoms with van der Waals surface area (Å²) in [6, 6.07) is 5.60. The maximum absolute atomic E-state index is 14.8. The minimum Gasteiger partial charge on any atom is -0.490 e. The zero-order chi connectivity index (χ0) is 26.4. The highest BCUT2D eigenvalue weighted by Crippen LogP contribution is 2.33. The van der Waals surface area contributed by atoms with Gasteiger partial charge in [0.2, 0.25) is 5.91 Å². The summed E-state index contributed by atoms with van der Waals surface area (Å²) in [5, 5.41) is 15.4. The molecule has 0 spiro atoms. The lowest BCUT2D eigenvalue weighted by molar-refractivity contribution is -0.137. The Morgan fingerprint density at radius 3 is 2.68 bits per heavy atom. The number of allylic oxidation sites excluding steroid dienone is 2. The van der Waals surface area contributed by atoms with Crippen molar-refractivity contribution in [1.29, 1.82) is 0 Å². The summed E-state index contributed by atoms with van der Waals surface area (Å²) < 4.78 is 26.0. The molecule has 200 valence electrons. The molecule has 9 nitrogen and oxygen atoms in total. The minimum absolute atomic E-state index is 0.0915. The molecule has 1 saturated heterocycles. The molecule has 1 aromatic heterocycles. The van der Waals surface area contributed by atoms with Crippen LogP contribution < -0.4 is 15.0 Å². The number of aliphatic carboxylic acids is 1. The van der Waals surface area contributed by atoms with Crippen LogP contribution >= 0.6 is 0 Å². The van der Waals surface area contributed by atoms with E-state index in [1.54, 1.807) is 6.07 Å². The lowest BCUT2D eigenvalue weighted by Crippen LogP contribution is -2.35. The molecule has 2 aromatic rings. The van der Waals surface area contributed by atoms with Crippen molar-refractivity contribution < 1.29 is 28.3 Å². The predicted octanol–water partition coefficient (Wildman–Crippen LogP) is 4.40. The second kappa shape index (κ2) is 12.2. The maximum Gasteiger partial charge on any atom is 0.324 e. The van der Waals surface area contributed by atoms with Gasteiger partial charge in [0.1, 0.15) is 0 Å². The van der Waals surface area contributed by atoms with Crippen LogP contribution in [0.4, 0.5) is 10.4 Å². The molecular weight excluding hydrogens is 479 g/mol. The first kappa shape index (κ1) is 26.6. The van der Waals surface area contributed by atoms with Gasteiger partial charge in [0.05, 0.1) is 13.0 Å². The van der Waals surface area contributed by atoms with E-state index in [-0.39, 0.29) is 36.5 Å². The molecule has 0 radical (unpaired) electrons. The van der Waals surface area contributed by atoms with E-state index >= 15 is 0 Å². The zero-order valence-electron chi connectivity index (χ0n) is 21.4. The molecule has 0 saturated carbocycles. The fourth-order valence-corrected chi connectivity index (χ4v) is 4.68. The Labute approximate surface area is 216 Å². The lowest BCUT2D eigenvalue weighted by Gasteiger charge is -2.30. The van der Waals surface area contributed by atoms with Crippen molar-refractivity contribution >= 4 is 23.5 Å². The van der Waals surface area contributed by atoms with E-state index in [1.807, 2.05) is 26.0 Å². The first-order chi connectivity index (χ1) is 17.8. The fraction of sp³-hybridized carbons (Fsp3) is 0.556. The van der Waals surface area contributed by atoms with E-state index in [2.05, 4.69) is 20.4 Å². The topological polar surface area (TPSA) is 118 Å². The minimum atomic E-state index is -0.938. The summed E-state index contributed by atoms with van der Waals surface area (Å²) in [6.45, 7) is 6.22. The van der Waals surface area contributed by atoms with Crippen LogP contribution in [0, 0.1) is 17.7 Å². The summed E-state index contributed by atoms with van der Waals surface area (Å²) in [6.07, 6.45) is 5.54. The molecule has 10 heteroatoms. The van der Waals surface area contributed by atoms with Gasteiger partial charge in [-0.3, -0.25) is 9.59 Å². The highest BCUT2D eigenvalue weighted by atomic mass is 19.1. The van der Waals surface area contributed by atoms with Crippen LogP contribution in [-0.4, -0.2) is 53.4 Å². The highest BCUT2D eigenvalue weighted by Gasteiger charge is 2.25. The van der Waals surface area contributed by atoms with Gasteiger partial charge in [-0.05, 0) is 61.3 Å². The maximum atomic E-state index is 14.8. The van der Waals surface area contributed by atoms with Crippen LogP contribution in [0.3, 0.4) is 0 Å². The van der Waals surface area contributed by atoms with Crippen LogP contribution in [0.2, 0.25) is 0 Å². The van der Waals surface area contributed by atoms with Gasteiger partial charge >= 0.3 is 12.0 Å². The van der Waals surface area contributed by atoms with E-state index in [1.165, 1.54) is 6.07 Å². The van der Waals surface area contributed by atoms with Crippen molar-refractivity contribution in [3.63, 3.8) is 0 Å². The molecule has 0 bridgehead atoms. The number of hydrogen-bond donors (Lipinski definition) is 2. The van der Waals surface area contributed by atoms with Gasteiger partial charge in [-0.25, -0.2) is 4.39 Å². The third-order valence-electron chi connectivity index (χ3n) is 7.03. The van der Waals surface area contributed by atoms with Gasteiger partial charge in [0.15, 0.2) is 17.4 Å². The predicted molar refractivity (Wildman–Crippen MR) is 136 cm³/mol. The van der Waals surface area contributed by atoms with Gasteiger partial charge in [-0.15, -0.1) is 0 Å². The number of carboxylic acids is 1. The zero-order valence-corrected chi connectivity index (χ0v) is 21.4. The van der Waals surface area contributed by atoms with Crippen molar-refractivity contribution in [2.75, 3.05) is 31.1 Å². The Bertz CT molecular complexity index is 1120. The third kappa shape index (κ3) is 7.08. The van der Waals surface area contributed by atoms with Crippen molar-refractivity contribution in [1.82, 2.24) is 15.5 Å². The van der Waals surface area contributed by atoms with Crippen molar-refractivity contribution in [2.24, 2.45) is 11.8 Å². The number of nitrogens with zero attached hydrogens (tertiary/aromatic N) is 3. The molecule has 1 amide bonds. The molecule has 2 N–H and O–H groups in total. The van der Waals surface area contributed by atoms with E-state index in [0.29, 0.717) is 43.6 Å². The number of anilines is 1. The van der Waals surface area contributed by atoms with Crippen molar-refractivity contribution in [3.8, 4) is 5.75 Å². The van der Waals surface area contributed by atoms with Crippen molar-refractivity contribution in [3.05, 3.63) is 41.5 Å². The average Bonchev–Trinajstić information content (AvgIpc) is 3.39. The standard InChI is InChI=1S/C27H35FN4O5/c1-17(2)25-30-27(37-31-25)32-13-10-18(11-14-32)16-36-23-8-7-21(15-22(23)28)19-3-5-20(6-4-19)26(35)29-12-9-24(33)34/h3,7-8,15,17-18,20H,4-6,9-14,16H2,1-2H3,(H,29,35)(H,33,34). The lowest BCUT2D eigenvalue weighted by atomic mass is 9.86. The molecule has 37 heavy (non-hydrogen) atoms. The summed E-state index contributed by atoms with van der Waals surface area (Å²) in [5.74, 6) is -0.147. The second-order valence-electron chi connectivity index (χ2n) is 10.1. The van der Waals surface area contributed by atoms with Gasteiger partial charge in [-0.2, -0.15) is 4.98 Å². The van der Waals surface area contributed by atoms with Crippen molar-refractivity contribution in [2.45, 2.75) is 58.3 Å². The molecule has 1 aliphatic heterocycles. The molecule has 1 unspecified atom stereocenters. The average molecular weight is 515 g/mol. The largest absolute Gasteiger partial charge is 0.490 e. The molecule has 1 aromatic carbocycles. The molecule has 2 aliphatic rings. The summed E-state index contributed by atoms with van der Waals surface area (Å²) in [7, 11) is 0. The normalized spacial score (nSPS) is 18.5. The number of amides is 1. The van der Waals surface area contributed by atoms with E-state index in [9.17, 15) is 14.0 Å². The van der Waals surface area contributed by atoms with Gasteiger partial charge < -0.3 is 24.6 Å². The SMILES string of the molecule is CC(C)c1noc(N2CCC(COc3ccc(C4=CCC(C(=O)NCCC(=O)O)CC4)cc3F)CC2)n1. The number of carbonyl (C=O) groups excluding carboxylic acids is 1. The first-order valence-electron chi connectivity index (χ1n) is 13.0. The fourth-order valence-electron chi connectivity index (χ4n) is 4.68. The Kier molecular flexibility index (Phi) is 8.78. The Balaban J connectivity index is 1.23. The second-order valence-corrected chi connectivity index (χ2v) is 10.1. The molecule has 2 heterocycles. The third-order valence-corrected chi connectivity index (χ3v) is 7.03. The van der Waals surface area contributed by atoms with E-state index in [4.69, 9.17) is 14.4 Å². The van der Waals surface area contributed by atoms with Crippen LogP contribution in [-0.2, 0) is 9.59 Å². The highest BCUT2D eigenvalue weighted by molar-refractivity contribution is 5.81. The number of benzene rings is 1. The Morgan fingerprint density at radius 1 is 1.27 bits per heavy atom. The molecule has 4 rings (SSSR count).